The van der Waals surface area contributed by atoms with E-state index in [-0.39, 0.29) is 12.3 Å². The highest BCUT2D eigenvalue weighted by molar-refractivity contribution is 9.10. The summed E-state index contributed by atoms with van der Waals surface area (Å²) in [5, 5.41) is 10.8. The maximum atomic E-state index is 10.8. The summed E-state index contributed by atoms with van der Waals surface area (Å²) in [6.45, 7) is 0.616. The zero-order chi connectivity index (χ0) is 13.0. The molecule has 1 aromatic carbocycles. The average molecular weight is 312 g/mol. The number of nitro groups is 1. The number of furan rings is 1. The molecule has 0 bridgehead atoms. The lowest BCUT2D eigenvalue weighted by Crippen LogP contribution is -1.97. The molecule has 0 unspecified atom stereocenters. The van der Waals surface area contributed by atoms with Gasteiger partial charge in [0.15, 0.2) is 0 Å². The Hall–Kier alpha value is -1.66. The number of nitrogens with zero attached hydrogens (tertiary/aromatic N) is 1. The molecule has 2 rings (SSSR count). The second-order valence-corrected chi connectivity index (χ2v) is 4.37. The van der Waals surface area contributed by atoms with E-state index < -0.39 is 4.92 Å². The molecule has 0 saturated carbocycles. The number of ether oxygens (including phenoxy) is 1. The maximum Gasteiger partial charge on any atom is 0.283 e. The van der Waals surface area contributed by atoms with Crippen LogP contribution in [0, 0.1) is 10.1 Å². The third-order valence-corrected chi connectivity index (χ3v) is 3.25. The minimum atomic E-state index is -0.430. The van der Waals surface area contributed by atoms with E-state index in [9.17, 15) is 10.1 Å². The molecule has 0 spiro atoms. The average Bonchev–Trinajstić information content (AvgIpc) is 2.84. The molecule has 18 heavy (non-hydrogen) atoms. The normalized spacial score (nSPS) is 10.5. The van der Waals surface area contributed by atoms with Crippen molar-refractivity contribution in [3.8, 4) is 0 Å². The van der Waals surface area contributed by atoms with Crippen LogP contribution < -0.4 is 0 Å². The van der Waals surface area contributed by atoms with Gasteiger partial charge >= 0.3 is 0 Å². The smallest absolute Gasteiger partial charge is 0.283 e. The zero-order valence-electron chi connectivity index (χ0n) is 9.34. The maximum absolute atomic E-state index is 10.8. The van der Waals surface area contributed by atoms with Crippen molar-refractivity contribution in [2.45, 2.75) is 13.2 Å². The molecule has 0 radical (unpaired) electrons. The monoisotopic (exact) mass is 311 g/mol. The van der Waals surface area contributed by atoms with Gasteiger partial charge in [-0.3, -0.25) is 10.1 Å². The van der Waals surface area contributed by atoms with Gasteiger partial charge in [0.1, 0.15) is 16.8 Å². The van der Waals surface area contributed by atoms with Crippen LogP contribution >= 0.6 is 15.9 Å². The van der Waals surface area contributed by atoms with Crippen LogP contribution in [0.1, 0.15) is 11.3 Å². The summed E-state index contributed by atoms with van der Waals surface area (Å²) >= 11 is 3.22. The van der Waals surface area contributed by atoms with Crippen LogP contribution in [0.15, 0.2) is 45.5 Å². The number of nitro benzene ring substituents is 1. The Morgan fingerprint density at radius 3 is 2.78 bits per heavy atom. The Kier molecular flexibility index (Phi) is 4.11. The van der Waals surface area contributed by atoms with Gasteiger partial charge in [0.25, 0.3) is 5.69 Å². The van der Waals surface area contributed by atoms with Gasteiger partial charge in [0.2, 0.25) is 0 Å². The van der Waals surface area contributed by atoms with Gasteiger partial charge in [-0.25, -0.2) is 0 Å². The Bertz CT molecular complexity index is 539. The van der Waals surface area contributed by atoms with Crippen LogP contribution in [-0.4, -0.2) is 4.92 Å². The van der Waals surface area contributed by atoms with E-state index in [0.717, 1.165) is 11.3 Å². The Morgan fingerprint density at radius 2 is 2.11 bits per heavy atom. The topological polar surface area (TPSA) is 65.5 Å². The molecule has 94 valence electrons. The van der Waals surface area contributed by atoms with Gasteiger partial charge in [-0.2, -0.15) is 0 Å². The van der Waals surface area contributed by atoms with Crippen molar-refractivity contribution in [3.05, 3.63) is 62.5 Å². The number of hydrogen-bond acceptors (Lipinski definition) is 4. The van der Waals surface area contributed by atoms with Crippen molar-refractivity contribution in [1.29, 1.82) is 0 Å². The highest BCUT2D eigenvalue weighted by Gasteiger charge is 2.14. The van der Waals surface area contributed by atoms with Crippen molar-refractivity contribution in [2.75, 3.05) is 0 Å². The van der Waals surface area contributed by atoms with Gasteiger partial charge < -0.3 is 9.15 Å². The third-order valence-electron chi connectivity index (χ3n) is 2.34. The van der Waals surface area contributed by atoms with E-state index in [1.807, 2.05) is 6.07 Å². The summed E-state index contributed by atoms with van der Waals surface area (Å²) in [5.41, 5.74) is 0.768. The van der Waals surface area contributed by atoms with E-state index in [0.29, 0.717) is 11.1 Å². The predicted molar refractivity (Wildman–Crippen MR) is 68.0 cm³/mol. The van der Waals surface area contributed by atoms with Gasteiger partial charge in [-0.15, -0.1) is 0 Å². The SMILES string of the molecule is O=[N+]([O-])c1cccc(COCc2ccco2)c1Br. The van der Waals surface area contributed by atoms with Crippen LogP contribution in [-0.2, 0) is 18.0 Å². The predicted octanol–water partition coefficient (Wildman–Crippen LogP) is 3.67. The first-order valence-corrected chi connectivity index (χ1v) is 5.99. The molecule has 6 heteroatoms. The Labute approximate surface area is 112 Å². The van der Waals surface area contributed by atoms with Gasteiger partial charge in [0, 0.05) is 6.07 Å². The van der Waals surface area contributed by atoms with Crippen molar-refractivity contribution >= 4 is 21.6 Å². The van der Waals surface area contributed by atoms with Crippen LogP contribution in [0.5, 0.6) is 0 Å². The molecular formula is C12H10BrNO4. The quantitative estimate of drug-likeness (QED) is 0.624. The molecule has 2 aromatic rings. The van der Waals surface area contributed by atoms with Gasteiger partial charge in [0.05, 0.1) is 17.8 Å². The van der Waals surface area contributed by atoms with E-state index in [1.165, 1.54) is 6.07 Å². The second-order valence-electron chi connectivity index (χ2n) is 3.58. The largest absolute Gasteiger partial charge is 0.467 e. The van der Waals surface area contributed by atoms with E-state index >= 15 is 0 Å². The summed E-state index contributed by atoms with van der Waals surface area (Å²) < 4.78 is 11.0. The lowest BCUT2D eigenvalue weighted by Gasteiger charge is -2.05. The number of rotatable bonds is 5. The first-order valence-electron chi connectivity index (χ1n) is 5.20. The second kappa shape index (κ2) is 5.79. The molecular weight excluding hydrogens is 302 g/mol. The molecule has 0 aliphatic rings. The molecule has 1 aromatic heterocycles. The van der Waals surface area contributed by atoms with Crippen LogP contribution in [0.3, 0.4) is 0 Å². The first-order chi connectivity index (χ1) is 8.68. The molecule has 0 fully saturated rings. The highest BCUT2D eigenvalue weighted by atomic mass is 79.9. The standard InChI is InChI=1S/C12H10BrNO4/c13-12-9(3-1-5-11(12)14(15)16)7-17-8-10-4-2-6-18-10/h1-6H,7-8H2. The van der Waals surface area contributed by atoms with Crippen molar-refractivity contribution < 1.29 is 14.1 Å². The molecule has 0 saturated heterocycles. The summed E-state index contributed by atoms with van der Waals surface area (Å²) in [4.78, 5) is 10.3. The molecule has 0 amide bonds. The van der Waals surface area contributed by atoms with Crippen molar-refractivity contribution in [3.63, 3.8) is 0 Å². The first kappa shape index (κ1) is 12.8. The summed E-state index contributed by atoms with van der Waals surface area (Å²) in [5.74, 6) is 0.719. The molecule has 0 aliphatic heterocycles. The minimum Gasteiger partial charge on any atom is -0.467 e. The highest BCUT2D eigenvalue weighted by Crippen LogP contribution is 2.28. The molecule has 0 N–H and O–H groups in total. The van der Waals surface area contributed by atoms with Crippen molar-refractivity contribution in [2.24, 2.45) is 0 Å². The van der Waals surface area contributed by atoms with Crippen molar-refractivity contribution in [1.82, 2.24) is 0 Å². The zero-order valence-corrected chi connectivity index (χ0v) is 10.9. The summed E-state index contributed by atoms with van der Waals surface area (Å²) in [6.07, 6.45) is 1.57. The van der Waals surface area contributed by atoms with Gasteiger partial charge in [-0.1, -0.05) is 12.1 Å². The summed E-state index contributed by atoms with van der Waals surface area (Å²) in [7, 11) is 0. The van der Waals surface area contributed by atoms with Crippen LogP contribution in [0.4, 0.5) is 5.69 Å². The lowest BCUT2D eigenvalue weighted by molar-refractivity contribution is -0.385. The Morgan fingerprint density at radius 1 is 1.28 bits per heavy atom. The molecule has 1 heterocycles. The van der Waals surface area contributed by atoms with Crippen LogP contribution in [0.2, 0.25) is 0 Å². The summed E-state index contributed by atoms with van der Waals surface area (Å²) in [6, 6.07) is 8.44. The molecule has 0 aliphatic carbocycles. The third kappa shape index (κ3) is 2.96. The van der Waals surface area contributed by atoms with E-state index in [1.54, 1.807) is 24.5 Å². The molecule has 5 nitrogen and oxygen atoms in total. The number of hydrogen-bond donors (Lipinski definition) is 0. The number of benzene rings is 1. The fraction of sp³-hybridized carbons (Fsp3) is 0.167. The molecule has 0 atom stereocenters. The number of halogens is 1. The van der Waals surface area contributed by atoms with Gasteiger partial charge in [-0.05, 0) is 33.6 Å². The lowest BCUT2D eigenvalue weighted by atomic mass is 10.2. The van der Waals surface area contributed by atoms with E-state index in [2.05, 4.69) is 15.9 Å². The van der Waals surface area contributed by atoms with E-state index in [4.69, 9.17) is 9.15 Å². The fourth-order valence-electron chi connectivity index (χ4n) is 1.48. The fourth-order valence-corrected chi connectivity index (χ4v) is 2.00. The Balaban J connectivity index is 2.01. The van der Waals surface area contributed by atoms with Crippen LogP contribution in [0.25, 0.3) is 0 Å². The minimum absolute atomic E-state index is 0.0362.